The zero-order chi connectivity index (χ0) is 31.3. The first kappa shape index (κ1) is 32.3. The second-order valence-electron chi connectivity index (χ2n) is 14.4. The molecule has 2 bridgehead atoms. The van der Waals surface area contributed by atoms with Crippen LogP contribution in [0.3, 0.4) is 0 Å². The number of amides is 3. The maximum absolute atomic E-state index is 14.9. The molecule has 1 aromatic carbocycles. The molecule has 4 rings (SSSR count). The van der Waals surface area contributed by atoms with Crippen LogP contribution in [0, 0.1) is 17.3 Å². The van der Waals surface area contributed by atoms with Crippen molar-refractivity contribution >= 4 is 35.2 Å². The molecule has 0 aliphatic carbocycles. The van der Waals surface area contributed by atoms with Crippen LogP contribution in [-0.4, -0.2) is 79.4 Å². The summed E-state index contributed by atoms with van der Waals surface area (Å²) < 4.78 is -1.26. The Balaban J connectivity index is 1.83. The van der Waals surface area contributed by atoms with Crippen molar-refractivity contribution in [2.24, 2.45) is 17.3 Å². The maximum atomic E-state index is 14.9. The molecule has 230 valence electrons. The lowest BCUT2D eigenvalue weighted by Crippen LogP contribution is -2.61. The van der Waals surface area contributed by atoms with E-state index >= 15 is 0 Å². The van der Waals surface area contributed by atoms with Gasteiger partial charge in [-0.05, 0) is 64.5 Å². The molecule has 1 N–H and O–H groups in total. The third-order valence-electron chi connectivity index (χ3n) is 9.37. The molecule has 2 unspecified atom stereocenters. The summed E-state index contributed by atoms with van der Waals surface area (Å²) in [6.45, 7) is 22.7. The van der Waals surface area contributed by atoms with Gasteiger partial charge in [-0.1, -0.05) is 51.1 Å². The van der Waals surface area contributed by atoms with Crippen molar-refractivity contribution in [2.45, 2.75) is 94.8 Å². The van der Waals surface area contributed by atoms with Crippen LogP contribution in [0.15, 0.2) is 55.6 Å². The maximum Gasteiger partial charge on any atom is 0.247 e. The highest BCUT2D eigenvalue weighted by molar-refractivity contribution is 8.02. The Bertz CT molecular complexity index is 1230. The number of carbonyl (C=O) groups excluding carboxylic acids is 3. The molecule has 3 saturated heterocycles. The van der Waals surface area contributed by atoms with Crippen LogP contribution in [0.4, 0.5) is 5.69 Å². The van der Waals surface area contributed by atoms with Crippen LogP contribution in [0.2, 0.25) is 0 Å². The predicted octanol–water partition coefficient (Wildman–Crippen LogP) is 5.30. The summed E-state index contributed by atoms with van der Waals surface area (Å²) in [6, 6.07) is 8.14. The summed E-state index contributed by atoms with van der Waals surface area (Å²) >= 11 is 1.66. The molecule has 1 aromatic rings. The third kappa shape index (κ3) is 5.34. The van der Waals surface area contributed by atoms with Crippen LogP contribution in [0.1, 0.15) is 67.7 Å². The summed E-state index contributed by atoms with van der Waals surface area (Å²) in [6.07, 6.45) is 5.59. The van der Waals surface area contributed by atoms with Gasteiger partial charge >= 0.3 is 0 Å². The Morgan fingerprint density at radius 3 is 2.26 bits per heavy atom. The monoisotopic (exact) mass is 595 g/mol. The van der Waals surface area contributed by atoms with Gasteiger partial charge in [0.2, 0.25) is 17.7 Å². The molecule has 42 heavy (non-hydrogen) atoms. The van der Waals surface area contributed by atoms with E-state index in [2.05, 4.69) is 54.7 Å². The van der Waals surface area contributed by atoms with Gasteiger partial charge in [-0.15, -0.1) is 24.9 Å². The van der Waals surface area contributed by atoms with Crippen molar-refractivity contribution in [3.05, 3.63) is 55.6 Å². The van der Waals surface area contributed by atoms with Gasteiger partial charge in [0.1, 0.15) is 6.04 Å². The first-order chi connectivity index (χ1) is 19.6. The molecule has 0 aromatic heterocycles. The van der Waals surface area contributed by atoms with Gasteiger partial charge in [0.15, 0.2) is 0 Å². The fourth-order valence-electron chi connectivity index (χ4n) is 8.11. The number of aliphatic hydroxyl groups is 1. The lowest BCUT2D eigenvalue weighted by molar-refractivity contribution is -0.149. The van der Waals surface area contributed by atoms with Crippen LogP contribution < -0.4 is 4.90 Å². The van der Waals surface area contributed by atoms with Crippen molar-refractivity contribution in [1.82, 2.24) is 9.80 Å². The Morgan fingerprint density at radius 1 is 1.10 bits per heavy atom. The van der Waals surface area contributed by atoms with Crippen LogP contribution in [-0.2, 0) is 14.4 Å². The second kappa shape index (κ2) is 11.5. The molecule has 8 heteroatoms. The molecule has 6 atom stereocenters. The van der Waals surface area contributed by atoms with E-state index in [9.17, 15) is 19.5 Å². The lowest BCUT2D eigenvalue weighted by Gasteiger charge is -2.46. The molecule has 0 radical (unpaired) electrons. The summed E-state index contributed by atoms with van der Waals surface area (Å²) in [4.78, 5) is 49.2. The average molecular weight is 596 g/mol. The topological polar surface area (TPSA) is 81.2 Å². The molecule has 3 amide bonds. The molecule has 3 fully saturated rings. The summed E-state index contributed by atoms with van der Waals surface area (Å²) in [5.74, 6) is -1.72. The van der Waals surface area contributed by atoms with Crippen molar-refractivity contribution in [3.63, 3.8) is 0 Å². The molecule has 1 spiro atoms. The first-order valence-electron chi connectivity index (χ1n) is 15.1. The number of para-hydroxylation sites is 1. The molecule has 7 nitrogen and oxygen atoms in total. The summed E-state index contributed by atoms with van der Waals surface area (Å²) in [7, 11) is 0. The van der Waals surface area contributed by atoms with Crippen LogP contribution >= 0.6 is 11.8 Å². The van der Waals surface area contributed by atoms with Crippen molar-refractivity contribution in [3.8, 4) is 0 Å². The largest absolute Gasteiger partial charge is 0.394 e. The van der Waals surface area contributed by atoms with E-state index in [1.54, 1.807) is 40.6 Å². The third-order valence-corrected chi connectivity index (χ3v) is 11.4. The number of likely N-dealkylation sites (tertiary alicyclic amines) is 1. The Morgan fingerprint density at radius 2 is 1.71 bits per heavy atom. The second-order valence-corrected chi connectivity index (χ2v) is 16.3. The van der Waals surface area contributed by atoms with E-state index in [0.29, 0.717) is 19.5 Å². The fourth-order valence-corrected chi connectivity index (χ4v) is 10.4. The van der Waals surface area contributed by atoms with Crippen molar-refractivity contribution in [2.75, 3.05) is 24.6 Å². The molecular formula is C34H49N3O4S. The molecular weight excluding hydrogens is 546 g/mol. The number of hydrogen-bond donors (Lipinski definition) is 1. The number of nitrogens with zero attached hydrogens (tertiary/aromatic N) is 3. The fraction of sp³-hybridized carbons (Fsp3) is 0.618. The van der Waals surface area contributed by atoms with E-state index in [-0.39, 0.29) is 29.7 Å². The SMILES string of the molecule is C=CCN(C(=O)[C@H]1[C@H]2C(=O)N([C@H](C)CO)C(C(=O)N(CC=C)C(C)(C)CC(C)(C)C)C23CC[C@]1(C)S3)c1ccccc1. The standard InChI is InChI=1S/C34H49N3O4S/c1-10-19-35(24-15-13-12-14-16-24)28(39)25-26-29(40)37(23(3)21-38)27(34(26)18-17-33(25,9)42-34)30(41)36(20-11-2)32(7,8)22-31(4,5)6/h10-16,23,25-27,38H,1-2,17-22H2,3-9H3/t23-,25-,26+,27?,33+,34?/m1/s1. The van der Waals surface area contributed by atoms with E-state index in [1.165, 1.54) is 0 Å². The van der Waals surface area contributed by atoms with Crippen LogP contribution in [0.5, 0.6) is 0 Å². The highest BCUT2D eigenvalue weighted by atomic mass is 32.2. The Hall–Kier alpha value is -2.58. The van der Waals surface area contributed by atoms with Gasteiger partial charge in [-0.2, -0.15) is 0 Å². The minimum absolute atomic E-state index is 0.0365. The van der Waals surface area contributed by atoms with E-state index in [4.69, 9.17) is 0 Å². The normalized spacial score (nSPS) is 29.3. The highest BCUT2D eigenvalue weighted by Crippen LogP contribution is 2.72. The molecule has 3 heterocycles. The highest BCUT2D eigenvalue weighted by Gasteiger charge is 2.78. The van der Waals surface area contributed by atoms with E-state index in [1.807, 2.05) is 35.2 Å². The average Bonchev–Trinajstić information content (AvgIpc) is 3.48. The van der Waals surface area contributed by atoms with Crippen LogP contribution in [0.25, 0.3) is 0 Å². The van der Waals surface area contributed by atoms with Gasteiger partial charge in [0, 0.05) is 29.1 Å². The Kier molecular flexibility index (Phi) is 8.85. The van der Waals surface area contributed by atoms with Crippen molar-refractivity contribution in [1.29, 1.82) is 0 Å². The van der Waals surface area contributed by atoms with Gasteiger partial charge < -0.3 is 19.8 Å². The smallest absolute Gasteiger partial charge is 0.247 e. The number of benzene rings is 1. The number of anilines is 1. The minimum atomic E-state index is -0.787. The number of carbonyl (C=O) groups is 3. The molecule has 3 aliphatic heterocycles. The number of fused-ring (bicyclic) bond motifs is 1. The molecule has 0 saturated carbocycles. The molecule has 3 aliphatic rings. The van der Waals surface area contributed by atoms with Gasteiger partial charge in [-0.25, -0.2) is 0 Å². The summed E-state index contributed by atoms with van der Waals surface area (Å²) in [5, 5.41) is 10.3. The Labute approximate surface area is 256 Å². The quantitative estimate of drug-likeness (QED) is 0.352. The van der Waals surface area contributed by atoms with E-state index < -0.39 is 39.0 Å². The minimum Gasteiger partial charge on any atom is -0.394 e. The van der Waals surface area contributed by atoms with E-state index in [0.717, 1.165) is 18.5 Å². The van der Waals surface area contributed by atoms with Gasteiger partial charge in [0.05, 0.1) is 29.2 Å². The number of hydrogen-bond acceptors (Lipinski definition) is 5. The number of rotatable bonds is 11. The van der Waals surface area contributed by atoms with Crippen molar-refractivity contribution < 1.29 is 19.5 Å². The van der Waals surface area contributed by atoms with Gasteiger partial charge in [0.25, 0.3) is 0 Å². The summed E-state index contributed by atoms with van der Waals surface area (Å²) in [5.41, 5.74) is 0.210. The lowest BCUT2D eigenvalue weighted by atomic mass is 9.66. The zero-order valence-electron chi connectivity index (χ0n) is 26.4. The number of aliphatic hydroxyl groups excluding tert-OH is 1. The van der Waals surface area contributed by atoms with Gasteiger partial charge in [-0.3, -0.25) is 14.4 Å². The number of thioether (sulfide) groups is 1. The zero-order valence-corrected chi connectivity index (χ0v) is 27.2. The predicted molar refractivity (Wildman–Crippen MR) is 171 cm³/mol. The first-order valence-corrected chi connectivity index (χ1v) is 15.9.